The smallest absolute Gasteiger partial charge is 0.378 e. The van der Waals surface area contributed by atoms with Crippen LogP contribution < -0.4 is 0 Å². The number of rotatable bonds is 6. The lowest BCUT2D eigenvalue weighted by Crippen LogP contribution is -2.04. The summed E-state index contributed by atoms with van der Waals surface area (Å²) in [4.78, 5) is 16.4. The normalized spacial score (nSPS) is 11.9. The standard InChI is InChI=1S/C4H10ClO5P/c5-1-2-9-3-4-10-11(6,7)8/h1-4H2,(H2,6,7,8). The molecule has 0 aliphatic rings. The molecule has 5 nitrogen and oxygen atoms in total. The second kappa shape index (κ2) is 5.94. The van der Waals surface area contributed by atoms with E-state index in [1.165, 1.54) is 0 Å². The molecular formula is C4H10ClO5P. The molecule has 0 radical (unpaired) electrons. The van der Waals surface area contributed by atoms with Crippen molar-refractivity contribution in [2.24, 2.45) is 0 Å². The number of halogens is 1. The molecule has 0 bridgehead atoms. The average molecular weight is 205 g/mol. The molecule has 0 saturated carbocycles. The zero-order valence-corrected chi connectivity index (χ0v) is 7.42. The van der Waals surface area contributed by atoms with Gasteiger partial charge in [0.05, 0.1) is 19.8 Å². The second-order valence-electron chi connectivity index (χ2n) is 1.63. The minimum Gasteiger partial charge on any atom is -0.378 e. The second-order valence-corrected chi connectivity index (χ2v) is 3.24. The Balaban J connectivity index is 3.09. The van der Waals surface area contributed by atoms with Crippen molar-refractivity contribution in [2.75, 3.05) is 25.7 Å². The van der Waals surface area contributed by atoms with E-state index in [0.717, 1.165) is 0 Å². The van der Waals surface area contributed by atoms with Gasteiger partial charge in [0.25, 0.3) is 0 Å². The van der Waals surface area contributed by atoms with E-state index in [-0.39, 0.29) is 13.2 Å². The topological polar surface area (TPSA) is 76.0 Å². The molecule has 7 heteroatoms. The van der Waals surface area contributed by atoms with Crippen LogP contribution in [0.5, 0.6) is 0 Å². The highest BCUT2D eigenvalue weighted by Crippen LogP contribution is 2.35. The summed E-state index contributed by atoms with van der Waals surface area (Å²) in [5.74, 6) is 0.357. The van der Waals surface area contributed by atoms with Crippen LogP contribution in [-0.4, -0.2) is 35.5 Å². The summed E-state index contributed by atoms with van der Waals surface area (Å²) in [5, 5.41) is 0. The van der Waals surface area contributed by atoms with Crippen molar-refractivity contribution in [1.29, 1.82) is 0 Å². The lowest BCUT2D eigenvalue weighted by Gasteiger charge is -2.04. The number of hydrogen-bond acceptors (Lipinski definition) is 3. The fourth-order valence-corrected chi connectivity index (χ4v) is 0.793. The van der Waals surface area contributed by atoms with Gasteiger partial charge in [0.15, 0.2) is 0 Å². The molecular weight excluding hydrogens is 194 g/mol. The maximum absolute atomic E-state index is 10.1. The Labute approximate surface area is 69.5 Å². The van der Waals surface area contributed by atoms with Crippen molar-refractivity contribution < 1.29 is 23.6 Å². The molecule has 0 aliphatic heterocycles. The predicted octanol–water partition coefficient (Wildman–Crippen LogP) is 0.351. The Bertz CT molecular complexity index is 134. The van der Waals surface area contributed by atoms with Crippen LogP contribution in [0.15, 0.2) is 0 Å². The molecule has 0 aromatic heterocycles. The summed E-state index contributed by atoms with van der Waals surface area (Å²) in [5.41, 5.74) is 0. The molecule has 0 aromatic rings. The predicted molar refractivity (Wildman–Crippen MR) is 39.5 cm³/mol. The van der Waals surface area contributed by atoms with E-state index < -0.39 is 7.82 Å². The minimum atomic E-state index is -4.33. The van der Waals surface area contributed by atoms with Crippen LogP contribution in [0.4, 0.5) is 0 Å². The minimum absolute atomic E-state index is 0.124. The van der Waals surface area contributed by atoms with Crippen molar-refractivity contribution in [3.63, 3.8) is 0 Å². The van der Waals surface area contributed by atoms with Crippen LogP contribution in [0.25, 0.3) is 0 Å². The van der Waals surface area contributed by atoms with Gasteiger partial charge in [-0.1, -0.05) is 0 Å². The molecule has 2 N–H and O–H groups in total. The lowest BCUT2D eigenvalue weighted by atomic mass is 10.7. The first-order valence-electron chi connectivity index (χ1n) is 2.90. The Hall–Kier alpha value is 0.360. The van der Waals surface area contributed by atoms with Crippen LogP contribution in [0.3, 0.4) is 0 Å². The summed E-state index contributed by atoms with van der Waals surface area (Å²) in [6.07, 6.45) is 0. The van der Waals surface area contributed by atoms with Crippen LogP contribution in [0, 0.1) is 0 Å². The van der Waals surface area contributed by atoms with Gasteiger partial charge in [-0.15, -0.1) is 11.6 Å². The van der Waals surface area contributed by atoms with Gasteiger partial charge in [-0.2, -0.15) is 0 Å². The maximum Gasteiger partial charge on any atom is 0.469 e. The highest BCUT2D eigenvalue weighted by Gasteiger charge is 2.12. The Morgan fingerprint density at radius 2 is 1.91 bits per heavy atom. The van der Waals surface area contributed by atoms with E-state index in [2.05, 4.69) is 4.52 Å². The highest BCUT2D eigenvalue weighted by molar-refractivity contribution is 7.46. The third-order valence-electron chi connectivity index (χ3n) is 0.709. The van der Waals surface area contributed by atoms with Gasteiger partial charge in [-0.25, -0.2) is 4.57 Å². The average Bonchev–Trinajstić information content (AvgIpc) is 1.85. The molecule has 0 amide bonds. The van der Waals surface area contributed by atoms with E-state index in [1.807, 2.05) is 0 Å². The first-order valence-corrected chi connectivity index (χ1v) is 4.96. The van der Waals surface area contributed by atoms with E-state index >= 15 is 0 Å². The molecule has 0 unspecified atom stereocenters. The van der Waals surface area contributed by atoms with Gasteiger partial charge in [0, 0.05) is 5.88 Å². The quantitative estimate of drug-likeness (QED) is 0.371. The maximum atomic E-state index is 10.1. The Morgan fingerprint density at radius 1 is 1.27 bits per heavy atom. The summed E-state index contributed by atoms with van der Waals surface area (Å²) >= 11 is 5.25. The van der Waals surface area contributed by atoms with E-state index in [9.17, 15) is 4.57 Å². The van der Waals surface area contributed by atoms with E-state index in [1.54, 1.807) is 0 Å². The highest BCUT2D eigenvalue weighted by atomic mass is 35.5. The van der Waals surface area contributed by atoms with Crippen LogP contribution in [0.1, 0.15) is 0 Å². The number of alkyl halides is 1. The van der Waals surface area contributed by atoms with Gasteiger partial charge in [-0.3, -0.25) is 4.52 Å². The number of ether oxygens (including phenoxy) is 1. The number of phosphoric ester groups is 1. The van der Waals surface area contributed by atoms with Gasteiger partial charge in [0.1, 0.15) is 0 Å². The fourth-order valence-electron chi connectivity index (χ4n) is 0.372. The monoisotopic (exact) mass is 204 g/mol. The SMILES string of the molecule is O=P(O)(O)OCCOCCCl. The van der Waals surface area contributed by atoms with Crippen molar-refractivity contribution in [3.8, 4) is 0 Å². The van der Waals surface area contributed by atoms with Gasteiger partial charge >= 0.3 is 7.82 Å². The Morgan fingerprint density at radius 3 is 2.36 bits per heavy atom. The summed E-state index contributed by atoms with van der Waals surface area (Å²) < 4.78 is 18.9. The largest absolute Gasteiger partial charge is 0.469 e. The summed E-state index contributed by atoms with van der Waals surface area (Å²) in [7, 11) is -4.33. The van der Waals surface area contributed by atoms with Crippen molar-refractivity contribution in [1.82, 2.24) is 0 Å². The van der Waals surface area contributed by atoms with E-state index in [0.29, 0.717) is 12.5 Å². The molecule has 0 rings (SSSR count). The lowest BCUT2D eigenvalue weighted by molar-refractivity contribution is 0.0943. The fraction of sp³-hybridized carbons (Fsp3) is 1.00. The molecule has 0 saturated heterocycles. The van der Waals surface area contributed by atoms with Crippen molar-refractivity contribution in [2.45, 2.75) is 0 Å². The summed E-state index contributed by atoms with van der Waals surface area (Å²) in [6.45, 7) is 0.366. The molecule has 68 valence electrons. The molecule has 0 fully saturated rings. The van der Waals surface area contributed by atoms with Crippen molar-refractivity contribution in [3.05, 3.63) is 0 Å². The zero-order valence-electron chi connectivity index (χ0n) is 5.77. The first-order chi connectivity index (χ1) is 5.06. The van der Waals surface area contributed by atoms with E-state index in [4.69, 9.17) is 26.1 Å². The molecule has 0 aliphatic carbocycles. The molecule has 0 atom stereocenters. The third-order valence-corrected chi connectivity index (χ3v) is 1.38. The van der Waals surface area contributed by atoms with Gasteiger partial charge < -0.3 is 14.5 Å². The van der Waals surface area contributed by atoms with Gasteiger partial charge in [-0.05, 0) is 0 Å². The zero-order chi connectivity index (χ0) is 8.74. The third kappa shape index (κ3) is 10.4. The molecule has 11 heavy (non-hydrogen) atoms. The molecule has 0 aromatic carbocycles. The summed E-state index contributed by atoms with van der Waals surface area (Å²) in [6, 6.07) is 0. The first kappa shape index (κ1) is 11.4. The number of phosphoric acid groups is 1. The Kier molecular flexibility index (Phi) is 6.14. The molecule has 0 heterocycles. The number of hydrogen-bond donors (Lipinski definition) is 2. The van der Waals surface area contributed by atoms with Crippen LogP contribution in [0.2, 0.25) is 0 Å². The van der Waals surface area contributed by atoms with Crippen LogP contribution in [-0.2, 0) is 13.8 Å². The van der Waals surface area contributed by atoms with Gasteiger partial charge in [0.2, 0.25) is 0 Å². The van der Waals surface area contributed by atoms with Crippen molar-refractivity contribution >= 4 is 19.4 Å². The molecule has 0 spiro atoms. The van der Waals surface area contributed by atoms with Crippen LogP contribution >= 0.6 is 19.4 Å².